The second-order valence-electron chi connectivity index (χ2n) is 5.61. The van der Waals surface area contributed by atoms with E-state index in [9.17, 15) is 0 Å². The number of nitrogens with one attached hydrogen (secondary N) is 1. The molecule has 2 aromatic rings. The Balaban J connectivity index is 2.17. The van der Waals surface area contributed by atoms with E-state index < -0.39 is 0 Å². The smallest absolute Gasteiger partial charge is 0.0207 e. The summed E-state index contributed by atoms with van der Waals surface area (Å²) in [6, 6.07) is 16.1. The number of hydrogen-bond acceptors (Lipinski definition) is 1. The lowest BCUT2D eigenvalue weighted by Crippen LogP contribution is -2.21. The van der Waals surface area contributed by atoms with Gasteiger partial charge in [0, 0.05) is 12.6 Å². The van der Waals surface area contributed by atoms with Gasteiger partial charge in [0.15, 0.2) is 0 Å². The van der Waals surface area contributed by atoms with E-state index in [1.165, 1.54) is 27.8 Å². The lowest BCUT2D eigenvalue weighted by Gasteiger charge is -2.09. The Kier molecular flexibility index (Phi) is 4.39. The van der Waals surface area contributed by atoms with Crippen molar-refractivity contribution in [3.63, 3.8) is 0 Å². The van der Waals surface area contributed by atoms with Crippen molar-refractivity contribution < 1.29 is 0 Å². The molecule has 1 N–H and O–H groups in total. The van der Waals surface area contributed by atoms with E-state index >= 15 is 0 Å². The van der Waals surface area contributed by atoms with Gasteiger partial charge in [0.05, 0.1) is 0 Å². The Labute approximate surface area is 116 Å². The minimum absolute atomic E-state index is 0.527. The molecule has 0 spiro atoms. The molecule has 0 atom stereocenters. The second-order valence-corrected chi connectivity index (χ2v) is 5.61. The topological polar surface area (TPSA) is 12.0 Å². The first-order valence-corrected chi connectivity index (χ1v) is 6.95. The molecule has 0 saturated heterocycles. The Bertz CT molecular complexity index is 518. The highest BCUT2D eigenvalue weighted by molar-refractivity contribution is 5.65. The highest BCUT2D eigenvalue weighted by Gasteiger charge is 2.01. The Morgan fingerprint density at radius 3 is 1.95 bits per heavy atom. The standard InChI is InChI=1S/C18H23N/c1-13(2)19-12-16-5-7-17(8-6-16)18-10-14(3)9-15(4)11-18/h5-11,13,19H,12H2,1-4H3. The zero-order chi connectivity index (χ0) is 13.8. The summed E-state index contributed by atoms with van der Waals surface area (Å²) in [6.45, 7) is 9.58. The molecule has 0 aliphatic rings. The summed E-state index contributed by atoms with van der Waals surface area (Å²) in [5, 5.41) is 3.44. The number of benzene rings is 2. The summed E-state index contributed by atoms with van der Waals surface area (Å²) >= 11 is 0. The fourth-order valence-corrected chi connectivity index (χ4v) is 2.28. The number of aryl methyl sites for hydroxylation is 2. The van der Waals surface area contributed by atoms with Crippen LogP contribution in [-0.2, 0) is 6.54 Å². The van der Waals surface area contributed by atoms with Gasteiger partial charge in [-0.3, -0.25) is 0 Å². The molecule has 100 valence electrons. The monoisotopic (exact) mass is 253 g/mol. The van der Waals surface area contributed by atoms with Gasteiger partial charge in [-0.2, -0.15) is 0 Å². The largest absolute Gasteiger partial charge is 0.310 e. The van der Waals surface area contributed by atoms with Crippen LogP contribution < -0.4 is 5.32 Å². The van der Waals surface area contributed by atoms with E-state index in [1.54, 1.807) is 0 Å². The molecule has 0 aliphatic carbocycles. The molecular formula is C18H23N. The van der Waals surface area contributed by atoms with Crippen LogP contribution >= 0.6 is 0 Å². The highest BCUT2D eigenvalue weighted by Crippen LogP contribution is 2.22. The average Bonchev–Trinajstić information content (AvgIpc) is 2.36. The van der Waals surface area contributed by atoms with Gasteiger partial charge >= 0.3 is 0 Å². The lowest BCUT2D eigenvalue weighted by atomic mass is 10.00. The molecule has 0 saturated carbocycles. The maximum atomic E-state index is 3.44. The molecule has 19 heavy (non-hydrogen) atoms. The van der Waals surface area contributed by atoms with Crippen molar-refractivity contribution in [1.82, 2.24) is 5.32 Å². The molecular weight excluding hydrogens is 230 g/mol. The second kappa shape index (κ2) is 6.03. The predicted molar refractivity (Wildman–Crippen MR) is 83.3 cm³/mol. The van der Waals surface area contributed by atoms with Crippen LogP contribution in [0.15, 0.2) is 42.5 Å². The zero-order valence-corrected chi connectivity index (χ0v) is 12.3. The predicted octanol–water partition coefficient (Wildman–Crippen LogP) is 4.47. The fraction of sp³-hybridized carbons (Fsp3) is 0.333. The van der Waals surface area contributed by atoms with Crippen LogP contribution in [0, 0.1) is 13.8 Å². The van der Waals surface area contributed by atoms with Gasteiger partial charge in [0.1, 0.15) is 0 Å². The van der Waals surface area contributed by atoms with Gasteiger partial charge < -0.3 is 5.32 Å². The summed E-state index contributed by atoms with van der Waals surface area (Å²) in [6.07, 6.45) is 0. The molecule has 0 bridgehead atoms. The molecule has 0 aromatic heterocycles. The fourth-order valence-electron chi connectivity index (χ4n) is 2.28. The first-order valence-electron chi connectivity index (χ1n) is 6.95. The van der Waals surface area contributed by atoms with E-state index in [1.807, 2.05) is 0 Å². The first-order chi connectivity index (χ1) is 9.04. The molecule has 0 unspecified atom stereocenters. The van der Waals surface area contributed by atoms with Crippen LogP contribution in [-0.4, -0.2) is 6.04 Å². The zero-order valence-electron chi connectivity index (χ0n) is 12.3. The molecule has 0 aliphatic heterocycles. The molecule has 0 heterocycles. The van der Waals surface area contributed by atoms with Crippen LogP contribution in [0.5, 0.6) is 0 Å². The molecule has 0 radical (unpaired) electrons. The molecule has 1 nitrogen and oxygen atoms in total. The van der Waals surface area contributed by atoms with E-state index in [4.69, 9.17) is 0 Å². The maximum absolute atomic E-state index is 3.44. The summed E-state index contributed by atoms with van der Waals surface area (Å²) in [5.74, 6) is 0. The Hall–Kier alpha value is -1.60. The first kappa shape index (κ1) is 13.8. The van der Waals surface area contributed by atoms with Crippen molar-refractivity contribution in [2.24, 2.45) is 0 Å². The molecule has 1 heteroatoms. The quantitative estimate of drug-likeness (QED) is 0.847. The van der Waals surface area contributed by atoms with Gasteiger partial charge in [0.2, 0.25) is 0 Å². The van der Waals surface area contributed by atoms with Crippen molar-refractivity contribution in [3.05, 3.63) is 59.2 Å². The van der Waals surface area contributed by atoms with Crippen molar-refractivity contribution in [2.75, 3.05) is 0 Å². The van der Waals surface area contributed by atoms with Gasteiger partial charge in [0.25, 0.3) is 0 Å². The normalized spacial score (nSPS) is 11.0. The third kappa shape index (κ3) is 3.93. The maximum Gasteiger partial charge on any atom is 0.0207 e. The van der Waals surface area contributed by atoms with Crippen LogP contribution in [0.3, 0.4) is 0 Å². The summed E-state index contributed by atoms with van der Waals surface area (Å²) < 4.78 is 0. The molecule has 0 fully saturated rings. The van der Waals surface area contributed by atoms with Gasteiger partial charge in [-0.05, 0) is 30.5 Å². The average molecular weight is 253 g/mol. The van der Waals surface area contributed by atoms with Gasteiger partial charge in [-0.15, -0.1) is 0 Å². The van der Waals surface area contributed by atoms with Gasteiger partial charge in [-0.25, -0.2) is 0 Å². The van der Waals surface area contributed by atoms with Crippen molar-refractivity contribution >= 4 is 0 Å². The van der Waals surface area contributed by atoms with Gasteiger partial charge in [-0.1, -0.05) is 67.4 Å². The van der Waals surface area contributed by atoms with E-state index in [2.05, 4.69) is 75.5 Å². The van der Waals surface area contributed by atoms with Crippen LogP contribution in [0.25, 0.3) is 11.1 Å². The van der Waals surface area contributed by atoms with Crippen LogP contribution in [0.4, 0.5) is 0 Å². The summed E-state index contributed by atoms with van der Waals surface area (Å²) in [4.78, 5) is 0. The lowest BCUT2D eigenvalue weighted by molar-refractivity contribution is 0.589. The summed E-state index contributed by atoms with van der Waals surface area (Å²) in [7, 11) is 0. The molecule has 0 amide bonds. The number of rotatable bonds is 4. The van der Waals surface area contributed by atoms with Crippen molar-refractivity contribution in [2.45, 2.75) is 40.3 Å². The third-order valence-electron chi connectivity index (χ3n) is 3.22. The molecule has 2 aromatic carbocycles. The molecule has 2 rings (SSSR count). The van der Waals surface area contributed by atoms with E-state index in [-0.39, 0.29) is 0 Å². The summed E-state index contributed by atoms with van der Waals surface area (Å²) in [5.41, 5.74) is 6.57. The SMILES string of the molecule is Cc1cc(C)cc(-c2ccc(CNC(C)C)cc2)c1. The highest BCUT2D eigenvalue weighted by atomic mass is 14.9. The minimum atomic E-state index is 0.527. The Morgan fingerprint density at radius 2 is 1.42 bits per heavy atom. The van der Waals surface area contributed by atoms with Crippen molar-refractivity contribution in [3.8, 4) is 11.1 Å². The van der Waals surface area contributed by atoms with E-state index in [0.717, 1.165) is 6.54 Å². The van der Waals surface area contributed by atoms with Crippen molar-refractivity contribution in [1.29, 1.82) is 0 Å². The Morgan fingerprint density at radius 1 is 0.842 bits per heavy atom. The number of hydrogen-bond donors (Lipinski definition) is 1. The van der Waals surface area contributed by atoms with Crippen LogP contribution in [0.2, 0.25) is 0 Å². The van der Waals surface area contributed by atoms with Crippen LogP contribution in [0.1, 0.15) is 30.5 Å². The third-order valence-corrected chi connectivity index (χ3v) is 3.22. The minimum Gasteiger partial charge on any atom is -0.310 e. The van der Waals surface area contributed by atoms with E-state index in [0.29, 0.717) is 6.04 Å².